The van der Waals surface area contributed by atoms with Crippen molar-refractivity contribution in [3.8, 4) is 0 Å². The van der Waals surface area contributed by atoms with E-state index in [1.807, 2.05) is 0 Å². The molecule has 1 aliphatic rings. The number of aryl methyl sites for hydroxylation is 1. The summed E-state index contributed by atoms with van der Waals surface area (Å²) in [6.45, 7) is 0.964. The van der Waals surface area contributed by atoms with Gasteiger partial charge in [0.25, 0.3) is 0 Å². The number of nitrogens with one attached hydrogen (secondary N) is 2. The molecule has 162 valence electrons. The summed E-state index contributed by atoms with van der Waals surface area (Å²) in [5.41, 5.74) is -3.12. The third kappa shape index (κ3) is 4.61. The molecule has 2 N–H and O–H groups in total. The zero-order valence-corrected chi connectivity index (χ0v) is 17.3. The molecule has 2 rings (SSSR count). The molecular formula is C17H20ClF3N2O5S. The highest BCUT2D eigenvalue weighted by Crippen LogP contribution is 2.42. The summed E-state index contributed by atoms with van der Waals surface area (Å²) in [5.74, 6) is -4.67. The fourth-order valence-electron chi connectivity index (χ4n) is 3.01. The molecule has 0 saturated carbocycles. The lowest BCUT2D eigenvalue weighted by molar-refractivity contribution is -0.207. The summed E-state index contributed by atoms with van der Waals surface area (Å²) in [6.07, 6.45) is -2.65. The fraction of sp³-hybridized carbons (Fsp3) is 0.588. The van der Waals surface area contributed by atoms with Crippen molar-refractivity contribution in [3.63, 3.8) is 0 Å². The van der Waals surface area contributed by atoms with Crippen LogP contribution in [-0.2, 0) is 31.9 Å². The Bertz CT molecular complexity index is 799. The quantitative estimate of drug-likeness (QED) is 0.372. The van der Waals surface area contributed by atoms with Gasteiger partial charge in [-0.05, 0) is 38.2 Å². The normalized spacial score (nSPS) is 15.7. The van der Waals surface area contributed by atoms with Gasteiger partial charge in [-0.2, -0.15) is 13.2 Å². The van der Waals surface area contributed by atoms with E-state index in [0.29, 0.717) is 18.4 Å². The Hall–Kier alpha value is -2.01. The first kappa shape index (κ1) is 23.3. The van der Waals surface area contributed by atoms with Crippen LogP contribution in [0.15, 0.2) is 0 Å². The van der Waals surface area contributed by atoms with E-state index < -0.39 is 35.6 Å². The summed E-state index contributed by atoms with van der Waals surface area (Å²) >= 11 is 6.26. The maximum atomic E-state index is 14.1. The number of rotatable bonds is 7. The summed E-state index contributed by atoms with van der Waals surface area (Å²) in [6, 6.07) is 0. The van der Waals surface area contributed by atoms with Crippen LogP contribution in [0.2, 0.25) is 0 Å². The number of alkyl halides is 4. The number of thiophene rings is 1. The number of esters is 2. The van der Waals surface area contributed by atoms with Crippen LogP contribution < -0.4 is 10.6 Å². The first-order valence-corrected chi connectivity index (χ1v) is 10.1. The monoisotopic (exact) mass is 456 g/mol. The number of hydrogen-bond donors (Lipinski definition) is 2. The fourth-order valence-corrected chi connectivity index (χ4v) is 4.41. The Morgan fingerprint density at radius 1 is 1.21 bits per heavy atom. The van der Waals surface area contributed by atoms with E-state index in [4.69, 9.17) is 16.3 Å². The minimum atomic E-state index is -5.31. The van der Waals surface area contributed by atoms with Crippen LogP contribution in [0, 0.1) is 0 Å². The van der Waals surface area contributed by atoms with E-state index in [0.717, 1.165) is 36.2 Å². The molecule has 7 nitrogen and oxygen atoms in total. The largest absolute Gasteiger partial charge is 0.465 e. The van der Waals surface area contributed by atoms with Crippen molar-refractivity contribution >= 4 is 45.8 Å². The van der Waals surface area contributed by atoms with E-state index in [9.17, 15) is 27.6 Å². The van der Waals surface area contributed by atoms with Gasteiger partial charge in [-0.15, -0.1) is 22.9 Å². The predicted octanol–water partition coefficient (Wildman–Crippen LogP) is 3.00. The van der Waals surface area contributed by atoms with E-state index in [1.165, 1.54) is 6.92 Å². The van der Waals surface area contributed by atoms with E-state index >= 15 is 0 Å². The molecule has 0 radical (unpaired) electrons. The first-order chi connectivity index (χ1) is 13.6. The first-order valence-electron chi connectivity index (χ1n) is 8.73. The molecule has 29 heavy (non-hydrogen) atoms. The number of carbonyl (C=O) groups excluding carboxylic acids is 3. The average Bonchev–Trinajstić information content (AvgIpc) is 3.03. The number of fused-ring (bicyclic) bond motifs is 1. The van der Waals surface area contributed by atoms with Crippen LogP contribution in [0.4, 0.5) is 18.2 Å². The Balaban J connectivity index is 2.64. The maximum absolute atomic E-state index is 14.1. The molecule has 1 atom stereocenters. The highest BCUT2D eigenvalue weighted by molar-refractivity contribution is 7.16. The van der Waals surface area contributed by atoms with Crippen molar-refractivity contribution in [2.24, 2.45) is 0 Å². The molecule has 0 saturated heterocycles. The molecule has 1 aromatic rings. The van der Waals surface area contributed by atoms with Crippen LogP contribution >= 0.6 is 22.9 Å². The molecule has 12 heteroatoms. The highest BCUT2D eigenvalue weighted by Gasteiger charge is 2.64. The van der Waals surface area contributed by atoms with Gasteiger partial charge in [0, 0.05) is 4.88 Å². The molecule has 0 aromatic carbocycles. The molecule has 1 heterocycles. The van der Waals surface area contributed by atoms with Crippen LogP contribution in [-0.4, -0.2) is 49.3 Å². The molecule has 0 spiro atoms. The van der Waals surface area contributed by atoms with Crippen molar-refractivity contribution in [2.75, 3.05) is 24.9 Å². The molecular weight excluding hydrogens is 437 g/mol. The van der Waals surface area contributed by atoms with Crippen LogP contribution in [0.25, 0.3) is 0 Å². The number of anilines is 1. The number of carbonyl (C=O) groups is 3. The third-order valence-corrected chi connectivity index (χ3v) is 5.77. The van der Waals surface area contributed by atoms with Gasteiger partial charge in [-0.25, -0.2) is 9.59 Å². The van der Waals surface area contributed by atoms with Crippen molar-refractivity contribution in [2.45, 2.75) is 44.4 Å². The second kappa shape index (κ2) is 9.21. The highest BCUT2D eigenvalue weighted by atomic mass is 35.5. The second-order valence-electron chi connectivity index (χ2n) is 6.18. The van der Waals surface area contributed by atoms with Gasteiger partial charge in [-0.1, -0.05) is 0 Å². The van der Waals surface area contributed by atoms with Crippen LogP contribution in [0.1, 0.15) is 40.6 Å². The smallest absolute Gasteiger partial charge is 0.441 e. The van der Waals surface area contributed by atoms with Gasteiger partial charge in [0.05, 0.1) is 19.3 Å². The number of halogens is 4. The minimum absolute atomic E-state index is 0.0785. The van der Waals surface area contributed by atoms with Gasteiger partial charge < -0.3 is 20.1 Å². The zero-order valence-electron chi connectivity index (χ0n) is 15.7. The van der Waals surface area contributed by atoms with Gasteiger partial charge in [0.15, 0.2) is 0 Å². The average molecular weight is 457 g/mol. The summed E-state index contributed by atoms with van der Waals surface area (Å²) in [7, 11) is 1.11. The lowest BCUT2D eigenvalue weighted by Crippen LogP contribution is -2.69. The topological polar surface area (TPSA) is 93.7 Å². The lowest BCUT2D eigenvalue weighted by Gasteiger charge is -2.35. The molecule has 0 fully saturated rings. The molecule has 1 aliphatic carbocycles. The molecule has 0 bridgehead atoms. The number of methoxy groups -OCH3 is 1. The van der Waals surface area contributed by atoms with Crippen molar-refractivity contribution in [1.29, 1.82) is 0 Å². The lowest BCUT2D eigenvalue weighted by atomic mass is 9.95. The Morgan fingerprint density at radius 3 is 2.41 bits per heavy atom. The maximum Gasteiger partial charge on any atom is 0.441 e. The Morgan fingerprint density at radius 2 is 1.86 bits per heavy atom. The Labute approximate surface area is 173 Å². The Kier molecular flexibility index (Phi) is 7.39. The summed E-state index contributed by atoms with van der Waals surface area (Å²) < 4.78 is 51.6. The minimum Gasteiger partial charge on any atom is -0.465 e. The van der Waals surface area contributed by atoms with Crippen molar-refractivity contribution in [1.82, 2.24) is 5.32 Å². The molecule has 0 unspecified atom stereocenters. The van der Waals surface area contributed by atoms with Crippen molar-refractivity contribution in [3.05, 3.63) is 16.0 Å². The molecule has 0 aliphatic heterocycles. The van der Waals surface area contributed by atoms with E-state index in [1.54, 1.807) is 5.32 Å². The van der Waals surface area contributed by atoms with Gasteiger partial charge in [-0.3, -0.25) is 4.79 Å². The SMILES string of the molecule is CCOC(=O)[C@@](NC(=O)CCl)(Nc1sc2c(c1C(=O)OC)CCCC2)C(F)(F)F. The van der Waals surface area contributed by atoms with Crippen molar-refractivity contribution < 1.29 is 37.0 Å². The summed E-state index contributed by atoms with van der Waals surface area (Å²) in [4.78, 5) is 37.2. The van der Waals surface area contributed by atoms with Crippen LogP contribution in [0.5, 0.6) is 0 Å². The third-order valence-electron chi connectivity index (χ3n) is 4.32. The number of amides is 1. The number of ether oxygens (including phenoxy) is 2. The summed E-state index contributed by atoms with van der Waals surface area (Å²) in [5, 5.41) is 3.41. The standard InChI is InChI=1S/C17H20ClF3N2O5S/c1-3-28-15(26)16(17(19,20)21,22-11(24)8-18)23-13-12(14(25)27-2)9-6-4-5-7-10(9)29-13/h23H,3-8H2,1-2H3,(H,22,24)/t16-/m1/s1. The molecule has 1 aromatic heterocycles. The molecule has 1 amide bonds. The van der Waals surface area contributed by atoms with Gasteiger partial charge >= 0.3 is 23.8 Å². The van der Waals surface area contributed by atoms with E-state index in [-0.39, 0.29) is 17.2 Å². The van der Waals surface area contributed by atoms with E-state index in [2.05, 4.69) is 10.1 Å². The van der Waals surface area contributed by atoms with Crippen LogP contribution in [0.3, 0.4) is 0 Å². The second-order valence-corrected chi connectivity index (χ2v) is 7.55. The zero-order chi connectivity index (χ0) is 21.8. The van der Waals surface area contributed by atoms with Gasteiger partial charge in [0.1, 0.15) is 10.9 Å². The predicted molar refractivity (Wildman–Crippen MR) is 100 cm³/mol. The number of hydrogen-bond acceptors (Lipinski definition) is 7. The van der Waals surface area contributed by atoms with Gasteiger partial charge in [0.2, 0.25) is 5.91 Å².